The zero-order valence-electron chi connectivity index (χ0n) is 9.66. The van der Waals surface area contributed by atoms with Crippen molar-refractivity contribution in [2.45, 2.75) is 13.3 Å². The smallest absolute Gasteiger partial charge is 0.171 e. The van der Waals surface area contributed by atoms with E-state index in [0.29, 0.717) is 36.6 Å². The van der Waals surface area contributed by atoms with Crippen LogP contribution in [0.4, 0.5) is 0 Å². The number of carbonyl (C=O) groups excluding carboxylic acids is 1. The summed E-state index contributed by atoms with van der Waals surface area (Å²) >= 11 is 0. The van der Waals surface area contributed by atoms with Gasteiger partial charge in [-0.25, -0.2) is 0 Å². The molecule has 1 aromatic carbocycles. The molecule has 0 bridgehead atoms. The highest BCUT2D eigenvalue weighted by atomic mass is 16.5. The average Bonchev–Trinajstić information content (AvgIpc) is 2.29. The lowest BCUT2D eigenvalue weighted by Gasteiger charge is -2.12. The van der Waals surface area contributed by atoms with Crippen molar-refractivity contribution in [2.24, 2.45) is 5.73 Å². The largest absolute Gasteiger partial charge is 0.496 e. The van der Waals surface area contributed by atoms with Crippen molar-refractivity contribution in [3.05, 3.63) is 23.8 Å². The summed E-state index contributed by atoms with van der Waals surface area (Å²) in [5.41, 5.74) is 5.86. The average molecular weight is 223 g/mol. The molecule has 0 fully saturated rings. The van der Waals surface area contributed by atoms with Gasteiger partial charge in [0.25, 0.3) is 0 Å². The van der Waals surface area contributed by atoms with Gasteiger partial charge in [0.2, 0.25) is 0 Å². The normalized spacial score (nSPS) is 9.94. The van der Waals surface area contributed by atoms with Crippen LogP contribution in [-0.2, 0) is 0 Å². The minimum absolute atomic E-state index is 0.0524. The van der Waals surface area contributed by atoms with Crippen LogP contribution in [0.1, 0.15) is 23.7 Å². The van der Waals surface area contributed by atoms with Gasteiger partial charge < -0.3 is 15.2 Å². The highest BCUT2D eigenvalue weighted by Crippen LogP contribution is 2.29. The molecule has 1 aromatic rings. The number of hydrogen-bond donors (Lipinski definition) is 1. The number of benzene rings is 1. The quantitative estimate of drug-likeness (QED) is 0.744. The van der Waals surface area contributed by atoms with Crippen LogP contribution in [0.3, 0.4) is 0 Å². The van der Waals surface area contributed by atoms with Crippen LogP contribution in [0.15, 0.2) is 18.2 Å². The van der Waals surface area contributed by atoms with E-state index in [2.05, 4.69) is 0 Å². The van der Waals surface area contributed by atoms with E-state index < -0.39 is 0 Å². The molecule has 0 heterocycles. The summed E-state index contributed by atoms with van der Waals surface area (Å²) in [7, 11) is 1.53. The maximum Gasteiger partial charge on any atom is 0.171 e. The van der Waals surface area contributed by atoms with Crippen molar-refractivity contribution in [2.75, 3.05) is 20.3 Å². The third kappa shape index (κ3) is 2.73. The number of ether oxygens (including phenoxy) is 2. The third-order valence-electron chi connectivity index (χ3n) is 2.16. The minimum atomic E-state index is -0.0524. The predicted octanol–water partition coefficient (Wildman–Crippen LogP) is 1.63. The van der Waals surface area contributed by atoms with E-state index in [1.54, 1.807) is 18.2 Å². The molecule has 0 saturated heterocycles. The summed E-state index contributed by atoms with van der Waals surface area (Å²) in [5.74, 6) is 1.04. The molecule has 0 saturated carbocycles. The van der Waals surface area contributed by atoms with Gasteiger partial charge in [0, 0.05) is 6.42 Å². The highest BCUT2D eigenvalue weighted by Gasteiger charge is 2.17. The Morgan fingerprint density at radius 1 is 1.38 bits per heavy atom. The molecule has 4 heteroatoms. The van der Waals surface area contributed by atoms with E-state index >= 15 is 0 Å². The molecule has 0 aliphatic carbocycles. The molecular weight excluding hydrogens is 206 g/mol. The SMILES string of the molecule is CCOc1cccc(OC)c1C(=O)CCN. The minimum Gasteiger partial charge on any atom is -0.496 e. The van der Waals surface area contributed by atoms with Crippen LogP contribution in [-0.4, -0.2) is 26.0 Å². The number of ketones is 1. The van der Waals surface area contributed by atoms with Crippen LogP contribution in [0.5, 0.6) is 11.5 Å². The Kier molecular flexibility index (Phi) is 4.79. The summed E-state index contributed by atoms with van der Waals surface area (Å²) in [6, 6.07) is 5.30. The van der Waals surface area contributed by atoms with Gasteiger partial charge in [-0.05, 0) is 25.6 Å². The van der Waals surface area contributed by atoms with E-state index in [-0.39, 0.29) is 5.78 Å². The first kappa shape index (κ1) is 12.5. The molecule has 0 atom stereocenters. The first-order chi connectivity index (χ1) is 7.74. The molecule has 0 aliphatic rings. The topological polar surface area (TPSA) is 61.5 Å². The second kappa shape index (κ2) is 6.12. The van der Waals surface area contributed by atoms with E-state index in [1.807, 2.05) is 6.92 Å². The molecule has 0 aromatic heterocycles. The Balaban J connectivity index is 3.13. The van der Waals surface area contributed by atoms with Crippen LogP contribution in [0.2, 0.25) is 0 Å². The van der Waals surface area contributed by atoms with Gasteiger partial charge in [-0.3, -0.25) is 4.79 Å². The molecular formula is C12H17NO3. The Labute approximate surface area is 95.3 Å². The fourth-order valence-corrected chi connectivity index (χ4v) is 1.49. The highest BCUT2D eigenvalue weighted by molar-refractivity contribution is 6.01. The number of Topliss-reactive ketones (excluding diaryl/α,β-unsaturated/α-hetero) is 1. The van der Waals surface area contributed by atoms with E-state index in [9.17, 15) is 4.79 Å². The van der Waals surface area contributed by atoms with Crippen LogP contribution < -0.4 is 15.2 Å². The van der Waals surface area contributed by atoms with Gasteiger partial charge in [0.15, 0.2) is 5.78 Å². The lowest BCUT2D eigenvalue weighted by atomic mass is 10.1. The van der Waals surface area contributed by atoms with Gasteiger partial charge in [0.05, 0.1) is 13.7 Å². The number of hydrogen-bond acceptors (Lipinski definition) is 4. The van der Waals surface area contributed by atoms with Crippen molar-refractivity contribution >= 4 is 5.78 Å². The van der Waals surface area contributed by atoms with E-state index in [1.165, 1.54) is 7.11 Å². The van der Waals surface area contributed by atoms with E-state index in [4.69, 9.17) is 15.2 Å². The molecule has 1 rings (SSSR count). The first-order valence-corrected chi connectivity index (χ1v) is 5.27. The Hall–Kier alpha value is -1.55. The van der Waals surface area contributed by atoms with Crippen molar-refractivity contribution in [1.29, 1.82) is 0 Å². The zero-order valence-corrected chi connectivity index (χ0v) is 9.66. The molecule has 4 nitrogen and oxygen atoms in total. The first-order valence-electron chi connectivity index (χ1n) is 5.27. The van der Waals surface area contributed by atoms with E-state index in [0.717, 1.165) is 0 Å². The zero-order chi connectivity index (χ0) is 12.0. The van der Waals surface area contributed by atoms with Crippen molar-refractivity contribution in [3.8, 4) is 11.5 Å². The Bertz CT molecular complexity index is 363. The fraction of sp³-hybridized carbons (Fsp3) is 0.417. The molecule has 16 heavy (non-hydrogen) atoms. The third-order valence-corrected chi connectivity index (χ3v) is 2.16. The second-order valence-electron chi connectivity index (χ2n) is 3.23. The van der Waals surface area contributed by atoms with Crippen LogP contribution in [0.25, 0.3) is 0 Å². The fourth-order valence-electron chi connectivity index (χ4n) is 1.49. The number of nitrogens with two attached hydrogens (primary N) is 1. The molecule has 0 spiro atoms. The van der Waals surface area contributed by atoms with Gasteiger partial charge >= 0.3 is 0 Å². The molecule has 2 N–H and O–H groups in total. The molecule has 0 amide bonds. The maximum absolute atomic E-state index is 11.9. The van der Waals surface area contributed by atoms with Gasteiger partial charge in [-0.15, -0.1) is 0 Å². The summed E-state index contributed by atoms with van der Waals surface area (Å²) < 4.78 is 10.6. The van der Waals surface area contributed by atoms with Crippen LogP contribution in [0, 0.1) is 0 Å². The van der Waals surface area contributed by atoms with Gasteiger partial charge in [-0.1, -0.05) is 6.07 Å². The molecule has 0 radical (unpaired) electrons. The molecule has 0 aliphatic heterocycles. The summed E-state index contributed by atoms with van der Waals surface area (Å²) in [4.78, 5) is 11.9. The van der Waals surface area contributed by atoms with Crippen molar-refractivity contribution in [1.82, 2.24) is 0 Å². The number of rotatable bonds is 6. The summed E-state index contributed by atoms with van der Waals surface area (Å²) in [6.45, 7) is 2.70. The standard InChI is InChI=1S/C12H17NO3/c1-3-16-11-6-4-5-10(15-2)12(11)9(14)7-8-13/h4-6H,3,7-8,13H2,1-2H3. The summed E-state index contributed by atoms with van der Waals surface area (Å²) in [5, 5.41) is 0. The second-order valence-corrected chi connectivity index (χ2v) is 3.23. The molecule has 0 unspecified atom stereocenters. The van der Waals surface area contributed by atoms with Gasteiger partial charge in [0.1, 0.15) is 17.1 Å². The Morgan fingerprint density at radius 2 is 2.06 bits per heavy atom. The Morgan fingerprint density at radius 3 is 2.62 bits per heavy atom. The lowest BCUT2D eigenvalue weighted by Crippen LogP contribution is -2.11. The maximum atomic E-state index is 11.9. The lowest BCUT2D eigenvalue weighted by molar-refractivity contribution is 0.0978. The molecule has 88 valence electrons. The summed E-state index contributed by atoms with van der Waals surface area (Å²) in [6.07, 6.45) is 0.292. The van der Waals surface area contributed by atoms with Crippen molar-refractivity contribution < 1.29 is 14.3 Å². The predicted molar refractivity (Wildman–Crippen MR) is 62.2 cm³/mol. The number of carbonyl (C=O) groups is 1. The monoisotopic (exact) mass is 223 g/mol. The van der Waals surface area contributed by atoms with Gasteiger partial charge in [-0.2, -0.15) is 0 Å². The van der Waals surface area contributed by atoms with Crippen LogP contribution >= 0.6 is 0 Å². The number of methoxy groups -OCH3 is 1. The van der Waals surface area contributed by atoms with Crippen molar-refractivity contribution in [3.63, 3.8) is 0 Å².